The second-order valence-corrected chi connectivity index (χ2v) is 8.66. The lowest BCUT2D eigenvalue weighted by atomic mass is 9.96. The van der Waals surface area contributed by atoms with Gasteiger partial charge in [-0.2, -0.15) is 10.5 Å². The minimum atomic E-state index is -0.170. The van der Waals surface area contributed by atoms with E-state index in [1.807, 2.05) is 37.3 Å². The third-order valence-electron chi connectivity index (χ3n) is 5.27. The van der Waals surface area contributed by atoms with E-state index in [1.54, 1.807) is 12.1 Å². The number of aryl methyl sites for hydroxylation is 1. The Hall–Kier alpha value is -4.41. The molecule has 0 aliphatic rings. The molecule has 0 radical (unpaired) electrons. The highest BCUT2D eigenvalue weighted by molar-refractivity contribution is 7.99. The number of nitriles is 2. The van der Waals surface area contributed by atoms with E-state index in [2.05, 4.69) is 16.4 Å². The summed E-state index contributed by atoms with van der Waals surface area (Å²) in [5, 5.41) is 23.0. The molecule has 0 unspecified atom stereocenters. The molecule has 10 heteroatoms. The maximum Gasteiger partial charge on any atom is 0.225 e. The van der Waals surface area contributed by atoms with Gasteiger partial charge in [-0.3, -0.25) is 4.79 Å². The van der Waals surface area contributed by atoms with E-state index in [0.717, 1.165) is 5.56 Å². The van der Waals surface area contributed by atoms with Crippen LogP contribution >= 0.6 is 11.8 Å². The van der Waals surface area contributed by atoms with Gasteiger partial charge in [-0.25, -0.2) is 4.98 Å². The van der Waals surface area contributed by atoms with E-state index in [-0.39, 0.29) is 29.3 Å². The van der Waals surface area contributed by atoms with E-state index in [0.29, 0.717) is 44.8 Å². The van der Waals surface area contributed by atoms with Gasteiger partial charge in [-0.1, -0.05) is 17.7 Å². The molecule has 0 spiro atoms. The number of amides is 1. The van der Waals surface area contributed by atoms with Crippen LogP contribution in [0.15, 0.2) is 41.4 Å². The minimum Gasteiger partial charge on any atom is -0.493 e. The number of rotatable bonds is 9. The number of aromatic nitrogens is 1. The molecule has 0 saturated carbocycles. The number of benzene rings is 2. The first kappa shape index (κ1) is 26.2. The molecule has 1 heterocycles. The fraction of sp³-hybridized carbons (Fsp3) is 0.231. The number of ether oxygens (including phenoxy) is 3. The smallest absolute Gasteiger partial charge is 0.225 e. The number of anilines is 2. The molecule has 9 nitrogen and oxygen atoms in total. The first-order valence-electron chi connectivity index (χ1n) is 10.8. The van der Waals surface area contributed by atoms with Crippen molar-refractivity contribution in [2.24, 2.45) is 0 Å². The molecule has 1 aromatic heterocycles. The van der Waals surface area contributed by atoms with E-state index in [4.69, 9.17) is 19.9 Å². The summed E-state index contributed by atoms with van der Waals surface area (Å²) in [5.41, 5.74) is 8.92. The number of hydrogen-bond donors (Lipinski definition) is 2. The van der Waals surface area contributed by atoms with E-state index < -0.39 is 0 Å². The molecule has 0 bridgehead atoms. The van der Waals surface area contributed by atoms with Gasteiger partial charge in [0.05, 0.1) is 26.9 Å². The second-order valence-electron chi connectivity index (χ2n) is 7.58. The van der Waals surface area contributed by atoms with Crippen LogP contribution in [0.2, 0.25) is 0 Å². The summed E-state index contributed by atoms with van der Waals surface area (Å²) in [6.07, 6.45) is 0.185. The molecule has 0 aliphatic carbocycles. The zero-order valence-corrected chi connectivity index (χ0v) is 21.2. The molecule has 3 rings (SSSR count). The maximum absolute atomic E-state index is 12.4. The number of carbonyl (C=O) groups excluding carboxylic acids is 1. The lowest BCUT2D eigenvalue weighted by Crippen LogP contribution is -2.12. The molecule has 0 saturated heterocycles. The number of nitrogens with one attached hydrogen (secondary N) is 1. The summed E-state index contributed by atoms with van der Waals surface area (Å²) in [6, 6.07) is 15.0. The highest BCUT2D eigenvalue weighted by Crippen LogP contribution is 2.44. The number of carbonyl (C=O) groups is 1. The van der Waals surface area contributed by atoms with Gasteiger partial charge in [-0.05, 0) is 36.8 Å². The van der Waals surface area contributed by atoms with Gasteiger partial charge in [-0.15, -0.1) is 11.8 Å². The average Bonchev–Trinajstić information content (AvgIpc) is 2.88. The Kier molecular flexibility index (Phi) is 8.61. The van der Waals surface area contributed by atoms with Crippen LogP contribution in [0.4, 0.5) is 11.5 Å². The fourth-order valence-electron chi connectivity index (χ4n) is 3.52. The number of nitrogens with two attached hydrogens (primary N) is 1. The standard InChI is InChI=1S/C26H25N5O4S/c1-15-5-7-17(8-6-15)30-22(32)9-10-36-26-19(14-28)23(18(13-27)25(29)31-26)16-11-20(33-2)24(35-4)21(12-16)34-3/h5-8,11-12H,9-10H2,1-4H3,(H2,29,31)(H,30,32). The largest absolute Gasteiger partial charge is 0.493 e. The molecule has 3 N–H and O–H groups in total. The molecular formula is C26H25N5O4S. The average molecular weight is 504 g/mol. The van der Waals surface area contributed by atoms with Crippen molar-refractivity contribution in [3.8, 4) is 40.5 Å². The predicted molar refractivity (Wildman–Crippen MR) is 138 cm³/mol. The maximum atomic E-state index is 12.4. The lowest BCUT2D eigenvalue weighted by Gasteiger charge is -2.17. The molecule has 3 aromatic rings. The minimum absolute atomic E-state index is 0.0214. The Balaban J connectivity index is 1.94. The summed E-state index contributed by atoms with van der Waals surface area (Å²) in [5.74, 6) is 1.24. The summed E-state index contributed by atoms with van der Waals surface area (Å²) >= 11 is 1.21. The van der Waals surface area contributed by atoms with E-state index in [1.165, 1.54) is 33.1 Å². The zero-order chi connectivity index (χ0) is 26.2. The summed E-state index contributed by atoms with van der Waals surface area (Å²) < 4.78 is 16.2. The molecule has 0 atom stereocenters. The normalized spacial score (nSPS) is 10.2. The molecular weight excluding hydrogens is 478 g/mol. The lowest BCUT2D eigenvalue weighted by molar-refractivity contribution is -0.115. The van der Waals surface area contributed by atoms with Crippen LogP contribution in [0, 0.1) is 29.6 Å². The van der Waals surface area contributed by atoms with Gasteiger partial charge in [0.15, 0.2) is 11.5 Å². The number of hydrogen-bond acceptors (Lipinski definition) is 9. The number of pyridine rings is 1. The first-order chi connectivity index (χ1) is 17.4. The molecule has 36 heavy (non-hydrogen) atoms. The Morgan fingerprint density at radius 1 is 1.03 bits per heavy atom. The monoisotopic (exact) mass is 503 g/mol. The number of nitrogen functional groups attached to an aromatic ring is 1. The van der Waals surface area contributed by atoms with Crippen LogP contribution in [-0.4, -0.2) is 38.0 Å². The summed E-state index contributed by atoms with van der Waals surface area (Å²) in [6.45, 7) is 1.97. The Bertz CT molecular complexity index is 1340. The van der Waals surface area contributed by atoms with Gasteiger partial charge >= 0.3 is 0 Å². The Labute approximate surface area is 213 Å². The second kappa shape index (κ2) is 11.8. The predicted octanol–water partition coefficient (Wildman–Crippen LogP) is 4.53. The van der Waals surface area contributed by atoms with Crippen molar-refractivity contribution in [3.63, 3.8) is 0 Å². The fourth-order valence-corrected chi connectivity index (χ4v) is 4.45. The number of thioether (sulfide) groups is 1. The van der Waals surface area contributed by atoms with Crippen LogP contribution < -0.4 is 25.3 Å². The Morgan fingerprint density at radius 3 is 2.17 bits per heavy atom. The topological polar surface area (TPSA) is 143 Å². The van der Waals surface area contributed by atoms with E-state index in [9.17, 15) is 15.3 Å². The van der Waals surface area contributed by atoms with Crippen LogP contribution in [0.3, 0.4) is 0 Å². The zero-order valence-electron chi connectivity index (χ0n) is 20.3. The van der Waals surface area contributed by atoms with Crippen molar-refractivity contribution in [1.29, 1.82) is 10.5 Å². The summed E-state index contributed by atoms with van der Waals surface area (Å²) in [4.78, 5) is 16.7. The van der Waals surface area contributed by atoms with Crippen LogP contribution in [-0.2, 0) is 4.79 Å². The van der Waals surface area contributed by atoms with Crippen molar-refractivity contribution < 1.29 is 19.0 Å². The highest BCUT2D eigenvalue weighted by Gasteiger charge is 2.23. The van der Waals surface area contributed by atoms with Gasteiger partial charge in [0.25, 0.3) is 0 Å². The Morgan fingerprint density at radius 2 is 1.64 bits per heavy atom. The third-order valence-corrected chi connectivity index (χ3v) is 6.25. The van der Waals surface area contributed by atoms with Crippen molar-refractivity contribution in [2.45, 2.75) is 18.4 Å². The SMILES string of the molecule is COc1cc(-c2c(C#N)c(N)nc(SCCC(=O)Nc3ccc(C)cc3)c2C#N)cc(OC)c1OC. The van der Waals surface area contributed by atoms with Crippen LogP contribution in [0.25, 0.3) is 11.1 Å². The molecule has 0 aliphatic heterocycles. The van der Waals surface area contributed by atoms with Crippen molar-refractivity contribution >= 4 is 29.2 Å². The van der Waals surface area contributed by atoms with Gasteiger partial charge in [0.2, 0.25) is 11.7 Å². The van der Waals surface area contributed by atoms with Crippen molar-refractivity contribution in [1.82, 2.24) is 4.98 Å². The van der Waals surface area contributed by atoms with Crippen LogP contribution in [0.1, 0.15) is 23.1 Å². The van der Waals surface area contributed by atoms with Gasteiger partial charge < -0.3 is 25.3 Å². The summed E-state index contributed by atoms with van der Waals surface area (Å²) in [7, 11) is 4.43. The van der Waals surface area contributed by atoms with Gasteiger partial charge in [0, 0.05) is 23.4 Å². The third kappa shape index (κ3) is 5.62. The quantitative estimate of drug-likeness (QED) is 0.402. The number of methoxy groups -OCH3 is 3. The highest BCUT2D eigenvalue weighted by atomic mass is 32.2. The number of nitrogens with zero attached hydrogens (tertiary/aromatic N) is 3. The van der Waals surface area contributed by atoms with Crippen LogP contribution in [0.5, 0.6) is 17.2 Å². The molecule has 1 amide bonds. The van der Waals surface area contributed by atoms with E-state index >= 15 is 0 Å². The van der Waals surface area contributed by atoms with Crippen molar-refractivity contribution in [2.75, 3.05) is 38.1 Å². The molecule has 0 fully saturated rings. The molecule has 2 aromatic carbocycles. The first-order valence-corrected chi connectivity index (χ1v) is 11.8. The molecule has 184 valence electrons. The van der Waals surface area contributed by atoms with Crippen molar-refractivity contribution in [3.05, 3.63) is 53.1 Å². The van der Waals surface area contributed by atoms with Gasteiger partial charge in [0.1, 0.15) is 28.5 Å².